The van der Waals surface area contributed by atoms with E-state index in [0.29, 0.717) is 15.8 Å². The summed E-state index contributed by atoms with van der Waals surface area (Å²) in [7, 11) is 0. The average molecular weight is 505 g/mol. The molecule has 0 N–H and O–H groups in total. The molecule has 0 saturated heterocycles. The van der Waals surface area contributed by atoms with Gasteiger partial charge in [0.2, 0.25) is 5.56 Å². The summed E-state index contributed by atoms with van der Waals surface area (Å²) >= 11 is 9.10. The molecule has 0 aliphatic carbocycles. The second-order valence-corrected chi connectivity index (χ2v) is 5.91. The van der Waals surface area contributed by atoms with Crippen molar-refractivity contribution in [3.8, 4) is 28.8 Å². The first-order valence-corrected chi connectivity index (χ1v) is 8.02. The average Bonchev–Trinajstić information content (AvgIpc) is 2.53. The molecule has 2 aromatic rings. The van der Waals surface area contributed by atoms with Gasteiger partial charge in [0, 0.05) is 37.7 Å². The zero-order chi connectivity index (χ0) is 17.7. The number of pyridine rings is 1. The minimum Gasteiger partial charge on any atom is -0.481 e. The van der Waals surface area contributed by atoms with Crippen molar-refractivity contribution in [1.82, 2.24) is 4.57 Å². The van der Waals surface area contributed by atoms with Gasteiger partial charge in [0.25, 0.3) is 6.43 Å². The molecule has 0 bridgehead atoms. The summed E-state index contributed by atoms with van der Waals surface area (Å²) in [4.78, 5) is 12.1. The van der Waals surface area contributed by atoms with Crippen LogP contribution >= 0.6 is 27.5 Å². The van der Waals surface area contributed by atoms with Crippen LogP contribution in [0.1, 0.15) is 6.92 Å². The van der Waals surface area contributed by atoms with Gasteiger partial charge in [-0.15, -0.1) is 12.0 Å². The van der Waals surface area contributed by atoms with Crippen LogP contribution in [0.2, 0.25) is 5.02 Å². The van der Waals surface area contributed by atoms with E-state index in [1.165, 1.54) is 6.07 Å². The fraction of sp³-hybridized carbons (Fsp3) is 0.235. The summed E-state index contributed by atoms with van der Waals surface area (Å²) in [5.74, 6) is 6.04. The van der Waals surface area contributed by atoms with Crippen molar-refractivity contribution in [3.63, 3.8) is 0 Å². The minimum absolute atomic E-state index is 0. The number of nitrogens with zero attached hydrogens (tertiary/aromatic N) is 1. The Bertz CT molecular complexity index is 862. The molecule has 3 nitrogen and oxygen atoms in total. The van der Waals surface area contributed by atoms with E-state index >= 15 is 0 Å². The van der Waals surface area contributed by atoms with E-state index < -0.39 is 18.5 Å². The molecule has 1 aromatic carbocycles. The van der Waals surface area contributed by atoms with Gasteiger partial charge in [0.05, 0.1) is 6.54 Å². The molecule has 0 saturated carbocycles. The van der Waals surface area contributed by atoms with Crippen molar-refractivity contribution >= 4 is 27.5 Å². The van der Waals surface area contributed by atoms with Gasteiger partial charge in [-0.2, -0.15) is 23.7 Å². The van der Waals surface area contributed by atoms with Crippen LogP contribution in [0.15, 0.2) is 33.5 Å². The fourth-order valence-corrected chi connectivity index (χ4v) is 2.71. The molecule has 1 heterocycles. The van der Waals surface area contributed by atoms with Gasteiger partial charge in [0.15, 0.2) is 0 Å². The molecule has 129 valence electrons. The third-order valence-electron chi connectivity index (χ3n) is 3.06. The summed E-state index contributed by atoms with van der Waals surface area (Å²) in [6.45, 7) is 1.19. The van der Waals surface area contributed by atoms with Crippen molar-refractivity contribution in [2.24, 2.45) is 0 Å². The normalized spacial score (nSPS) is 10.0. The van der Waals surface area contributed by atoms with Crippen molar-refractivity contribution in [3.05, 3.63) is 50.2 Å². The molecule has 0 aliphatic rings. The molecule has 1 aromatic heterocycles. The first kappa shape index (κ1) is 22.3. The Morgan fingerprint density at radius 3 is 2.76 bits per heavy atom. The molecule has 2 rings (SSSR count). The molecule has 0 aliphatic heterocycles. The first-order valence-electron chi connectivity index (χ1n) is 6.85. The Morgan fingerprint density at radius 2 is 2.16 bits per heavy atom. The van der Waals surface area contributed by atoms with Gasteiger partial charge >= 0.3 is 0 Å². The van der Waals surface area contributed by atoms with E-state index in [2.05, 4.69) is 33.8 Å². The predicted octanol–water partition coefficient (Wildman–Crippen LogP) is 4.40. The molecule has 8 heteroatoms. The van der Waals surface area contributed by atoms with Crippen LogP contribution in [-0.2, 0) is 39.3 Å². The summed E-state index contributed by atoms with van der Waals surface area (Å²) < 4.78 is 32.5. The maximum atomic E-state index is 12.8. The topological polar surface area (TPSA) is 31.2 Å². The third kappa shape index (κ3) is 5.89. The van der Waals surface area contributed by atoms with E-state index in [9.17, 15) is 13.6 Å². The zero-order valence-electron chi connectivity index (χ0n) is 13.2. The second-order valence-electron chi connectivity index (χ2n) is 4.65. The summed E-state index contributed by atoms with van der Waals surface area (Å²) in [5, 5.41) is -0.159. The third-order valence-corrected chi connectivity index (χ3v) is 3.99. The molecule has 0 atom stereocenters. The van der Waals surface area contributed by atoms with Gasteiger partial charge in [-0.25, -0.2) is 8.78 Å². The van der Waals surface area contributed by atoms with E-state index in [1.807, 2.05) is 0 Å². The molecule has 0 fully saturated rings. The first-order chi connectivity index (χ1) is 11.4. The van der Waals surface area contributed by atoms with Gasteiger partial charge in [-0.3, -0.25) is 4.79 Å². The Balaban J connectivity index is 0.00000312. The van der Waals surface area contributed by atoms with Crippen LogP contribution in [0.3, 0.4) is 0 Å². The Labute approximate surface area is 182 Å². The van der Waals surface area contributed by atoms with Gasteiger partial charge in [-0.1, -0.05) is 33.1 Å². The van der Waals surface area contributed by atoms with E-state index in [4.69, 9.17) is 16.3 Å². The maximum Gasteiger partial charge on any atom is 0.256 e. The Kier molecular flexibility index (Phi) is 9.30. The number of alkyl halides is 2. The maximum absolute atomic E-state index is 12.8. The van der Waals surface area contributed by atoms with Crippen LogP contribution in [-0.4, -0.2) is 17.6 Å². The van der Waals surface area contributed by atoms with Gasteiger partial charge < -0.3 is 9.30 Å². The van der Waals surface area contributed by atoms with Crippen LogP contribution in [0.4, 0.5) is 8.78 Å². The van der Waals surface area contributed by atoms with Crippen LogP contribution in [0.5, 0.6) is 5.75 Å². The summed E-state index contributed by atoms with van der Waals surface area (Å²) in [5.41, 5.74) is 0.0611. The molecule has 0 unspecified atom stereocenters. The van der Waals surface area contributed by atoms with Crippen molar-refractivity contribution < 1.29 is 46.2 Å². The number of halogens is 4. The SMILES string of the molecule is CC#CCOc1ccc(-c2[c-]cc(Cl)c(=O)n2CC(F)F)c(Br)c1.[Y]. The second kappa shape index (κ2) is 10.4. The number of hydrogen-bond donors (Lipinski definition) is 0. The molecule has 1 radical (unpaired) electrons. The molecule has 0 amide bonds. The molecule has 0 spiro atoms. The number of benzene rings is 1. The van der Waals surface area contributed by atoms with Crippen molar-refractivity contribution in [2.75, 3.05) is 6.61 Å². The number of aromatic nitrogens is 1. The molecule has 25 heavy (non-hydrogen) atoms. The number of hydrogen-bond acceptors (Lipinski definition) is 2. The number of rotatable bonds is 5. The fourth-order valence-electron chi connectivity index (χ4n) is 2.01. The Hall–Kier alpha value is -0.736. The van der Waals surface area contributed by atoms with Crippen LogP contribution in [0.25, 0.3) is 11.3 Å². The van der Waals surface area contributed by atoms with E-state index in [1.54, 1.807) is 25.1 Å². The van der Waals surface area contributed by atoms with Crippen molar-refractivity contribution in [2.45, 2.75) is 19.9 Å². The largest absolute Gasteiger partial charge is 0.481 e. The van der Waals surface area contributed by atoms with Crippen LogP contribution in [0, 0.1) is 17.9 Å². The smallest absolute Gasteiger partial charge is 0.256 e. The molecular weight excluding hydrogens is 492 g/mol. The van der Waals surface area contributed by atoms with Crippen molar-refractivity contribution in [1.29, 1.82) is 0 Å². The zero-order valence-corrected chi connectivity index (χ0v) is 18.3. The standard InChI is InChI=1S/C17H12BrClF2NO2.Y/c1-2-3-8-24-11-4-5-12(13(18)9-11)15-7-6-14(19)17(23)22(15)10-16(20)21;/h4-6,9,16H,8,10H2,1H3;/q-1;. The van der Waals surface area contributed by atoms with E-state index in [0.717, 1.165) is 4.57 Å². The summed E-state index contributed by atoms with van der Waals surface area (Å²) in [6, 6.07) is 9.05. The van der Waals surface area contributed by atoms with Crippen LogP contribution < -0.4 is 10.3 Å². The quantitative estimate of drug-likeness (QED) is 0.447. The van der Waals surface area contributed by atoms with Gasteiger partial charge in [0.1, 0.15) is 12.4 Å². The summed E-state index contributed by atoms with van der Waals surface area (Å²) in [6.07, 6.45) is -2.69. The predicted molar refractivity (Wildman–Crippen MR) is 92.6 cm³/mol. The van der Waals surface area contributed by atoms with E-state index in [-0.39, 0.29) is 50.0 Å². The Morgan fingerprint density at radius 1 is 1.44 bits per heavy atom. The number of ether oxygens (including phenoxy) is 1. The monoisotopic (exact) mass is 503 g/mol. The molecular formula is C17H12BrClF2NO2Y-. The minimum atomic E-state index is -2.69. The van der Waals surface area contributed by atoms with Gasteiger partial charge in [-0.05, 0) is 23.5 Å².